The fourth-order valence-electron chi connectivity index (χ4n) is 12.5. The second-order valence-electron chi connectivity index (χ2n) is 20.9. The minimum Gasteiger partial charge on any atom is -0.461 e. The predicted octanol–water partition coefficient (Wildman–Crippen LogP) is 13.5. The van der Waals surface area contributed by atoms with Crippen LogP contribution in [0.15, 0.2) is 127 Å². The summed E-state index contributed by atoms with van der Waals surface area (Å²) in [4.78, 5) is 46.2. The van der Waals surface area contributed by atoms with E-state index in [4.69, 9.17) is 4.74 Å². The number of allylic oxidation sites excluding steroid dienone is 1. The summed E-state index contributed by atoms with van der Waals surface area (Å²) in [5.74, 6) is 5.43. The Balaban J connectivity index is 0.000000210. The minimum atomic E-state index is -0.535. The van der Waals surface area contributed by atoms with Crippen LogP contribution >= 0.6 is 11.8 Å². The Labute approximate surface area is 435 Å². The van der Waals surface area contributed by atoms with E-state index in [9.17, 15) is 9.59 Å². The van der Waals surface area contributed by atoms with Gasteiger partial charge in [0, 0.05) is 38.1 Å². The van der Waals surface area contributed by atoms with E-state index in [0.29, 0.717) is 11.8 Å². The molecule has 9 nitrogen and oxygen atoms in total. The molecule has 0 aromatic carbocycles. The largest absolute Gasteiger partial charge is 2.00 e. The van der Waals surface area contributed by atoms with Gasteiger partial charge in [0.25, 0.3) is 0 Å². The van der Waals surface area contributed by atoms with Crippen LogP contribution in [-0.2, 0) is 33.8 Å². The first-order valence-corrected chi connectivity index (χ1v) is 27.1. The van der Waals surface area contributed by atoms with Crippen LogP contribution < -0.4 is 5.32 Å². The van der Waals surface area contributed by atoms with Crippen molar-refractivity contribution in [1.82, 2.24) is 30.2 Å². The van der Waals surface area contributed by atoms with Gasteiger partial charge in [0.1, 0.15) is 12.1 Å². The van der Waals surface area contributed by atoms with E-state index in [-0.39, 0.29) is 42.9 Å². The number of nitrogens with zero attached hydrogens (tertiary/aromatic N) is 5. The van der Waals surface area contributed by atoms with Gasteiger partial charge in [-0.15, -0.1) is 0 Å². The molecule has 4 aliphatic rings. The van der Waals surface area contributed by atoms with Gasteiger partial charge in [-0.2, -0.15) is 11.8 Å². The third-order valence-corrected chi connectivity index (χ3v) is 16.7. The number of pyridine rings is 5. The fraction of sp³-hybridized carbons (Fsp3) is 0.508. The van der Waals surface area contributed by atoms with Crippen LogP contribution in [0.4, 0.5) is 0 Å². The van der Waals surface area contributed by atoms with Crippen LogP contribution in [0.1, 0.15) is 119 Å². The third kappa shape index (κ3) is 13.9. The topological polar surface area (TPSA) is 120 Å². The van der Waals surface area contributed by atoms with Crippen LogP contribution in [0.2, 0.25) is 0 Å². The first-order chi connectivity index (χ1) is 33.4. The second kappa shape index (κ2) is 26.2. The Hall–Kier alpha value is -4.60. The Morgan fingerprint density at radius 3 is 1.77 bits per heavy atom. The summed E-state index contributed by atoms with van der Waals surface area (Å²) in [6, 6.07) is 28.5. The van der Waals surface area contributed by atoms with Crippen molar-refractivity contribution >= 4 is 23.6 Å². The normalized spacial score (nSPS) is 25.0. The molecule has 5 aromatic heterocycles. The van der Waals surface area contributed by atoms with Gasteiger partial charge in [-0.3, -0.25) is 24.7 Å². The van der Waals surface area contributed by atoms with Gasteiger partial charge in [-0.1, -0.05) is 95.9 Å². The van der Waals surface area contributed by atoms with Gasteiger partial charge in [0.2, 0.25) is 5.91 Å². The zero-order valence-corrected chi connectivity index (χ0v) is 45.1. The number of thioether (sulfide) groups is 1. The van der Waals surface area contributed by atoms with Crippen molar-refractivity contribution in [3.05, 3.63) is 127 Å². The first-order valence-electron chi connectivity index (χ1n) is 25.7. The number of carbonyl (C=O) groups is 2. The predicted molar refractivity (Wildman–Crippen MR) is 282 cm³/mol. The average molecular weight is 1050 g/mol. The maximum atomic E-state index is 13.0. The third-order valence-electron chi connectivity index (χ3n) is 16.0. The van der Waals surface area contributed by atoms with Crippen molar-refractivity contribution in [3.8, 4) is 34.2 Å². The molecule has 9 atom stereocenters. The van der Waals surface area contributed by atoms with Gasteiger partial charge in [-0.05, 0) is 170 Å². The molecule has 0 radical (unpaired) electrons. The summed E-state index contributed by atoms with van der Waals surface area (Å²) < 4.78 is 6.05. The summed E-state index contributed by atoms with van der Waals surface area (Å²) in [6.45, 7) is 14.0. The molecule has 0 aliphatic heterocycles. The number of carbonyl (C=O) groups excluding carboxylic acids is 2. The SMILES string of the molecule is CSCCC(NC(C)=O)C(=O)OC1CC[C@@]2(C)C(=CCC3C2CC[C@@]2(C)C3CC[C@@H]2C(C)CCCC(C)C)C1.[Ru+2].c1ccc(-c2cccc(-c3ccccn3)n2)nc1.c1ccc(-c2ccccn2)nc1. The molecular weight excluding hydrogens is 974 g/mol. The molecular formula is C59H76N6O3RuS+2. The smallest absolute Gasteiger partial charge is 0.461 e. The molecule has 70 heavy (non-hydrogen) atoms. The van der Waals surface area contributed by atoms with Crippen molar-refractivity contribution in [3.63, 3.8) is 0 Å². The van der Waals surface area contributed by atoms with Crippen molar-refractivity contribution < 1.29 is 33.8 Å². The van der Waals surface area contributed by atoms with E-state index in [1.807, 2.05) is 97.3 Å². The maximum Gasteiger partial charge on any atom is 2.00 e. The molecule has 1 N–H and O–H groups in total. The van der Waals surface area contributed by atoms with E-state index in [1.165, 1.54) is 58.3 Å². The molecule has 4 aliphatic carbocycles. The van der Waals surface area contributed by atoms with Gasteiger partial charge in [0.05, 0.1) is 34.2 Å². The van der Waals surface area contributed by atoms with Crippen LogP contribution in [-0.4, -0.2) is 61.0 Å². The van der Waals surface area contributed by atoms with Crippen LogP contribution in [0.5, 0.6) is 0 Å². The van der Waals surface area contributed by atoms with Crippen LogP contribution in [0.25, 0.3) is 34.2 Å². The molecule has 3 saturated carbocycles. The molecule has 9 rings (SSSR count). The monoisotopic (exact) mass is 1050 g/mol. The standard InChI is InChI=1S/C34H57NO3S.C15H11N3.C10H8N2.Ru/c1-22(2)9-8-10-23(3)28-13-14-29-27-12-11-25-21-26(38-32(37)31(17-20-39-7)35-24(4)36)15-18-33(25,5)30(27)16-19-34(28,29)6;1-3-10-16-12(6-1)14-8-5-9-15(18-14)13-7-2-4-11-17-13;1-3-7-11-9(5-1)10-6-2-4-8-12-10;/h11,22-23,26-31H,8-10,12-21H2,1-7H3,(H,35,36);1-11H;1-8H;/q;;;+2/t23?,26?,27?,28-,29?,30?,31?,33+,34-;;;/m1.../s1. The molecule has 0 spiro atoms. The summed E-state index contributed by atoms with van der Waals surface area (Å²) in [6.07, 6.45) is 26.2. The molecule has 5 aromatic rings. The fourth-order valence-corrected chi connectivity index (χ4v) is 13.0. The number of amides is 1. The summed E-state index contributed by atoms with van der Waals surface area (Å²) >= 11 is 1.69. The Morgan fingerprint density at radius 2 is 1.26 bits per heavy atom. The zero-order chi connectivity index (χ0) is 48.8. The number of esters is 1. The minimum absolute atomic E-state index is 0. The maximum absolute atomic E-state index is 13.0. The number of ether oxygens (including phenoxy) is 1. The second-order valence-corrected chi connectivity index (χ2v) is 21.9. The Bertz CT molecular complexity index is 2320. The number of nitrogens with one attached hydrogen (secondary N) is 1. The molecule has 5 heterocycles. The van der Waals surface area contributed by atoms with E-state index >= 15 is 0 Å². The Kier molecular flexibility index (Phi) is 20.5. The van der Waals surface area contributed by atoms with Crippen LogP contribution in [0.3, 0.4) is 0 Å². The number of rotatable bonds is 14. The van der Waals surface area contributed by atoms with Crippen LogP contribution in [0, 0.1) is 46.3 Å². The van der Waals surface area contributed by atoms with E-state index in [2.05, 4.69) is 70.9 Å². The Morgan fingerprint density at radius 1 is 0.700 bits per heavy atom. The van der Waals surface area contributed by atoms with Crippen molar-refractivity contribution in [2.45, 2.75) is 131 Å². The van der Waals surface area contributed by atoms with Gasteiger partial charge in [0.15, 0.2) is 0 Å². The quantitative estimate of drug-likeness (QED) is 0.0658. The number of hydrogen-bond acceptors (Lipinski definition) is 9. The summed E-state index contributed by atoms with van der Waals surface area (Å²) in [5.41, 5.74) is 7.61. The van der Waals surface area contributed by atoms with Crippen molar-refractivity contribution in [1.29, 1.82) is 0 Å². The molecule has 11 heteroatoms. The summed E-state index contributed by atoms with van der Waals surface area (Å²) in [7, 11) is 0. The van der Waals surface area contributed by atoms with E-state index < -0.39 is 6.04 Å². The van der Waals surface area contributed by atoms with Crippen molar-refractivity contribution in [2.75, 3.05) is 12.0 Å². The number of hydrogen-bond donors (Lipinski definition) is 1. The molecule has 3 fully saturated rings. The molecule has 0 saturated heterocycles. The van der Waals surface area contributed by atoms with E-state index in [1.54, 1.807) is 42.1 Å². The number of aromatic nitrogens is 5. The molecule has 6 unspecified atom stereocenters. The first kappa shape index (κ1) is 54.7. The van der Waals surface area contributed by atoms with Gasteiger partial charge in [-0.25, -0.2) is 9.78 Å². The van der Waals surface area contributed by atoms with Gasteiger partial charge >= 0.3 is 25.4 Å². The molecule has 0 bridgehead atoms. The van der Waals surface area contributed by atoms with Gasteiger partial charge < -0.3 is 10.1 Å². The van der Waals surface area contributed by atoms with E-state index in [0.717, 1.165) is 94.7 Å². The van der Waals surface area contributed by atoms with Crippen molar-refractivity contribution in [2.24, 2.45) is 46.3 Å². The molecule has 1 amide bonds. The summed E-state index contributed by atoms with van der Waals surface area (Å²) in [5, 5.41) is 2.82. The molecule has 372 valence electrons. The average Bonchev–Trinajstić information content (AvgIpc) is 3.74. The number of fused-ring (bicyclic) bond motifs is 5. The zero-order valence-electron chi connectivity index (χ0n) is 42.6.